The van der Waals surface area contributed by atoms with Crippen molar-refractivity contribution < 1.29 is 9.53 Å². The van der Waals surface area contributed by atoms with Crippen LogP contribution in [-0.2, 0) is 4.74 Å². The summed E-state index contributed by atoms with van der Waals surface area (Å²) in [4.78, 5) is 16.4. The van der Waals surface area contributed by atoms with Gasteiger partial charge in [0, 0.05) is 36.4 Å². The molecule has 2 fully saturated rings. The Morgan fingerprint density at radius 1 is 1.31 bits per heavy atom. The predicted octanol–water partition coefficient (Wildman–Crippen LogP) is 4.53. The van der Waals surface area contributed by atoms with Crippen LogP contribution in [0, 0.1) is 11.3 Å². The lowest BCUT2D eigenvalue weighted by atomic mass is 10.0. The van der Waals surface area contributed by atoms with Crippen LogP contribution in [-0.4, -0.2) is 42.3 Å². The fourth-order valence-electron chi connectivity index (χ4n) is 3.49. The fourth-order valence-corrected chi connectivity index (χ4v) is 3.86. The summed E-state index contributed by atoms with van der Waals surface area (Å²) in [7, 11) is 0. The van der Waals surface area contributed by atoms with E-state index >= 15 is 0 Å². The number of halogens is 1. The Labute approximate surface area is 160 Å². The molecule has 0 aromatic heterocycles. The van der Waals surface area contributed by atoms with Crippen LogP contribution in [0.15, 0.2) is 12.1 Å². The minimum atomic E-state index is -0.495. The molecular weight excluding hydrogens is 350 g/mol. The number of benzene rings is 1. The minimum Gasteiger partial charge on any atom is -0.444 e. The van der Waals surface area contributed by atoms with Gasteiger partial charge in [0.1, 0.15) is 5.60 Å². The minimum absolute atomic E-state index is 0.124. The van der Waals surface area contributed by atoms with Gasteiger partial charge in [0.2, 0.25) is 0 Å². The Hall–Kier alpha value is -1.93. The third kappa shape index (κ3) is 4.07. The van der Waals surface area contributed by atoms with Crippen LogP contribution in [0.25, 0.3) is 0 Å². The van der Waals surface area contributed by atoms with E-state index in [0.29, 0.717) is 36.1 Å². The highest BCUT2D eigenvalue weighted by Gasteiger charge is 2.35. The van der Waals surface area contributed by atoms with Gasteiger partial charge in [0.25, 0.3) is 0 Å². The summed E-state index contributed by atoms with van der Waals surface area (Å²) in [5.41, 5.74) is 2.29. The molecule has 1 aromatic carbocycles. The molecule has 1 heterocycles. The van der Waals surface area contributed by atoms with Crippen LogP contribution in [0.5, 0.6) is 0 Å². The largest absolute Gasteiger partial charge is 0.444 e. The van der Waals surface area contributed by atoms with Gasteiger partial charge >= 0.3 is 6.09 Å². The zero-order chi connectivity index (χ0) is 19.1. The molecule has 1 aliphatic carbocycles. The Balaban J connectivity index is 1.81. The van der Waals surface area contributed by atoms with Gasteiger partial charge in [-0.1, -0.05) is 11.6 Å². The summed E-state index contributed by atoms with van der Waals surface area (Å²) >= 11 is 6.50. The monoisotopic (exact) mass is 375 g/mol. The van der Waals surface area contributed by atoms with Gasteiger partial charge in [-0.15, -0.1) is 0 Å². The molecule has 0 spiro atoms. The van der Waals surface area contributed by atoms with Crippen molar-refractivity contribution in [2.75, 3.05) is 24.5 Å². The third-order valence-corrected chi connectivity index (χ3v) is 5.12. The lowest BCUT2D eigenvalue weighted by molar-refractivity contribution is 0.0218. The lowest BCUT2D eigenvalue weighted by Gasteiger charge is -2.42. The molecule has 0 bridgehead atoms. The van der Waals surface area contributed by atoms with E-state index in [9.17, 15) is 10.1 Å². The molecule has 0 unspecified atom stereocenters. The first-order valence-electron chi connectivity index (χ1n) is 9.17. The van der Waals surface area contributed by atoms with Crippen LogP contribution >= 0.6 is 11.6 Å². The van der Waals surface area contributed by atoms with Crippen LogP contribution in [0.3, 0.4) is 0 Å². The van der Waals surface area contributed by atoms with Gasteiger partial charge in [-0.2, -0.15) is 5.26 Å². The van der Waals surface area contributed by atoms with Crippen molar-refractivity contribution in [2.45, 2.75) is 58.1 Å². The number of hydrogen-bond donors (Lipinski definition) is 0. The van der Waals surface area contributed by atoms with Gasteiger partial charge in [0.05, 0.1) is 11.6 Å². The summed E-state index contributed by atoms with van der Waals surface area (Å²) in [6.07, 6.45) is 2.02. The number of hydrogen-bond acceptors (Lipinski definition) is 4. The van der Waals surface area contributed by atoms with Crippen LogP contribution in [0.2, 0.25) is 5.02 Å². The Kier molecular flexibility index (Phi) is 5.07. The summed E-state index contributed by atoms with van der Waals surface area (Å²) in [6.45, 7) is 9.61. The summed E-state index contributed by atoms with van der Waals surface area (Å²) in [5.74, 6) is 0.487. The normalized spacial score (nSPS) is 20.7. The molecule has 1 atom stereocenters. The molecule has 3 rings (SSSR count). The van der Waals surface area contributed by atoms with Gasteiger partial charge in [-0.3, -0.25) is 0 Å². The average Bonchev–Trinajstić information content (AvgIpc) is 3.37. The first kappa shape index (κ1) is 18.8. The van der Waals surface area contributed by atoms with Crippen LogP contribution in [0.4, 0.5) is 10.5 Å². The number of piperazine rings is 1. The average molecular weight is 376 g/mol. The number of anilines is 1. The highest BCUT2D eigenvalue weighted by atomic mass is 35.5. The van der Waals surface area contributed by atoms with E-state index in [2.05, 4.69) is 17.9 Å². The number of nitrogens with zero attached hydrogens (tertiary/aromatic N) is 3. The van der Waals surface area contributed by atoms with Gasteiger partial charge < -0.3 is 14.5 Å². The second-order valence-corrected chi connectivity index (χ2v) is 8.65. The smallest absolute Gasteiger partial charge is 0.410 e. The van der Waals surface area contributed by atoms with E-state index in [1.165, 1.54) is 0 Å². The highest BCUT2D eigenvalue weighted by molar-refractivity contribution is 6.32. The van der Waals surface area contributed by atoms with Gasteiger partial charge in [0.15, 0.2) is 0 Å². The van der Waals surface area contributed by atoms with Crippen molar-refractivity contribution >= 4 is 23.4 Å². The van der Waals surface area contributed by atoms with E-state index in [1.807, 2.05) is 26.8 Å². The molecule has 140 valence electrons. The van der Waals surface area contributed by atoms with Crippen molar-refractivity contribution in [2.24, 2.45) is 0 Å². The van der Waals surface area contributed by atoms with E-state index < -0.39 is 5.60 Å². The number of ether oxygens (including phenoxy) is 1. The third-order valence-electron chi connectivity index (χ3n) is 4.81. The molecular formula is C20H26ClN3O2. The molecule has 1 aromatic rings. The summed E-state index contributed by atoms with van der Waals surface area (Å²) in [5, 5.41) is 10.0. The van der Waals surface area contributed by atoms with E-state index in [1.54, 1.807) is 11.0 Å². The lowest BCUT2D eigenvalue weighted by Crippen LogP contribution is -2.54. The number of rotatable bonds is 2. The maximum absolute atomic E-state index is 12.4. The molecule has 26 heavy (non-hydrogen) atoms. The standard InChI is InChI=1S/C20H26ClN3O2/c1-13-12-23(19(25)26-20(2,3)4)7-8-24(13)17-10-14(11-22)9-16(21)18(17)15-5-6-15/h9-10,13,15H,5-8,12H2,1-4H3/t13-/m0/s1. The van der Waals surface area contributed by atoms with E-state index in [-0.39, 0.29) is 12.1 Å². The SMILES string of the molecule is C[C@H]1CN(C(=O)OC(C)(C)C)CCN1c1cc(C#N)cc(Cl)c1C1CC1. The molecule has 2 aliphatic rings. The zero-order valence-corrected chi connectivity index (χ0v) is 16.6. The second kappa shape index (κ2) is 7.00. The molecule has 1 aliphatic heterocycles. The van der Waals surface area contributed by atoms with Crippen LogP contribution < -0.4 is 4.90 Å². The van der Waals surface area contributed by atoms with Gasteiger partial charge in [-0.25, -0.2) is 4.79 Å². The maximum atomic E-state index is 12.4. The number of amides is 1. The molecule has 0 radical (unpaired) electrons. The topological polar surface area (TPSA) is 56.6 Å². The van der Waals surface area contributed by atoms with Crippen molar-refractivity contribution in [3.63, 3.8) is 0 Å². The van der Waals surface area contributed by atoms with E-state index in [4.69, 9.17) is 16.3 Å². The van der Waals surface area contributed by atoms with Gasteiger partial charge in [-0.05, 0) is 64.2 Å². The molecule has 1 amide bonds. The quantitative estimate of drug-likeness (QED) is 0.761. The number of carbonyl (C=O) groups excluding carboxylic acids is 1. The zero-order valence-electron chi connectivity index (χ0n) is 15.9. The maximum Gasteiger partial charge on any atom is 0.410 e. The van der Waals surface area contributed by atoms with Crippen molar-refractivity contribution in [1.82, 2.24) is 4.90 Å². The molecule has 0 N–H and O–H groups in total. The second-order valence-electron chi connectivity index (χ2n) is 8.25. The highest BCUT2D eigenvalue weighted by Crippen LogP contribution is 2.48. The fraction of sp³-hybridized carbons (Fsp3) is 0.600. The van der Waals surface area contributed by atoms with Crippen molar-refractivity contribution in [1.29, 1.82) is 5.26 Å². The van der Waals surface area contributed by atoms with E-state index in [0.717, 1.165) is 24.1 Å². The molecule has 5 nitrogen and oxygen atoms in total. The first-order chi connectivity index (χ1) is 12.2. The molecule has 6 heteroatoms. The Bertz CT molecular complexity index is 747. The van der Waals surface area contributed by atoms with Crippen molar-refractivity contribution in [3.05, 3.63) is 28.3 Å². The molecule has 1 saturated carbocycles. The number of carbonyl (C=O) groups is 1. The summed E-state index contributed by atoms with van der Waals surface area (Å²) < 4.78 is 5.50. The molecule has 1 saturated heterocycles. The Morgan fingerprint density at radius 2 is 2.00 bits per heavy atom. The van der Waals surface area contributed by atoms with Crippen molar-refractivity contribution in [3.8, 4) is 6.07 Å². The number of nitriles is 1. The van der Waals surface area contributed by atoms with Crippen LogP contribution in [0.1, 0.15) is 57.6 Å². The summed E-state index contributed by atoms with van der Waals surface area (Å²) in [6, 6.07) is 6.04. The Morgan fingerprint density at radius 3 is 2.54 bits per heavy atom. The first-order valence-corrected chi connectivity index (χ1v) is 9.55. The predicted molar refractivity (Wildman–Crippen MR) is 103 cm³/mol.